The molecule has 6 nitrogen and oxygen atoms in total. The van der Waals surface area contributed by atoms with Gasteiger partial charge in [0, 0.05) is 6.04 Å². The van der Waals surface area contributed by atoms with E-state index in [9.17, 15) is 35.9 Å². The number of hydrogen-bond donors (Lipinski definition) is 1. The Labute approximate surface area is 214 Å². The van der Waals surface area contributed by atoms with Gasteiger partial charge < -0.3 is 19.5 Å². The monoisotopic (exact) mass is 545 g/mol. The van der Waals surface area contributed by atoms with E-state index in [0.29, 0.717) is 17.1 Å². The second-order valence-electron chi connectivity index (χ2n) is 8.46. The second-order valence-corrected chi connectivity index (χ2v) is 8.46. The number of allylic oxidation sites excluding steroid dienone is 1. The average molecular weight is 545 g/mol. The van der Waals surface area contributed by atoms with E-state index >= 15 is 0 Å². The van der Waals surface area contributed by atoms with Gasteiger partial charge in [0.15, 0.2) is 11.5 Å². The molecule has 0 saturated carbocycles. The predicted octanol–water partition coefficient (Wildman–Crippen LogP) is 5.76. The van der Waals surface area contributed by atoms with Crippen LogP contribution in [0.2, 0.25) is 0 Å². The predicted molar refractivity (Wildman–Crippen MR) is 124 cm³/mol. The highest BCUT2D eigenvalue weighted by atomic mass is 19.4. The van der Waals surface area contributed by atoms with Gasteiger partial charge in [0.05, 0.1) is 43.4 Å². The number of rotatable bonds is 8. The molecule has 3 atom stereocenters. The van der Waals surface area contributed by atoms with Crippen LogP contribution in [0.3, 0.4) is 0 Å². The van der Waals surface area contributed by atoms with Gasteiger partial charge in [0.2, 0.25) is 0 Å². The highest BCUT2D eigenvalue weighted by Crippen LogP contribution is 2.39. The Morgan fingerprint density at radius 2 is 1.63 bits per heavy atom. The van der Waals surface area contributed by atoms with Crippen LogP contribution < -0.4 is 14.8 Å². The molecule has 2 aromatic rings. The summed E-state index contributed by atoms with van der Waals surface area (Å²) in [6.07, 6.45) is -6.81. The maximum Gasteiger partial charge on any atom is 0.417 e. The number of carbonyl (C=O) groups is 2. The fourth-order valence-corrected chi connectivity index (χ4v) is 4.32. The Hall–Kier alpha value is -3.70. The first-order valence-electron chi connectivity index (χ1n) is 11.5. The van der Waals surface area contributed by atoms with E-state index in [2.05, 4.69) is 5.32 Å². The highest BCUT2D eigenvalue weighted by Gasteiger charge is 2.40. The highest BCUT2D eigenvalue weighted by molar-refractivity contribution is 5.96. The fraction of sp³-hybridized carbons (Fsp3) is 0.385. The molecular weight excluding hydrogens is 520 g/mol. The van der Waals surface area contributed by atoms with Crippen molar-refractivity contribution in [3.8, 4) is 11.5 Å². The minimum atomic E-state index is -5.05. The summed E-state index contributed by atoms with van der Waals surface area (Å²) in [5.41, 5.74) is -3.51. The summed E-state index contributed by atoms with van der Waals surface area (Å²) in [6, 6.07) is 4.68. The Bertz CT molecular complexity index is 1210. The number of halogens is 6. The minimum absolute atomic E-state index is 0.0872. The molecule has 1 aliphatic carbocycles. The van der Waals surface area contributed by atoms with Crippen LogP contribution in [0.4, 0.5) is 26.3 Å². The Balaban J connectivity index is 1.86. The lowest BCUT2D eigenvalue weighted by Crippen LogP contribution is -2.35. The molecule has 0 saturated heterocycles. The lowest BCUT2D eigenvalue weighted by Gasteiger charge is -2.23. The fourth-order valence-electron chi connectivity index (χ4n) is 4.32. The number of hydrogen-bond acceptors (Lipinski definition) is 5. The third kappa shape index (κ3) is 6.40. The molecule has 0 spiro atoms. The zero-order chi connectivity index (χ0) is 28.3. The van der Waals surface area contributed by atoms with Gasteiger partial charge in [-0.1, -0.05) is 18.2 Å². The molecule has 0 unspecified atom stereocenters. The molecule has 206 valence electrons. The minimum Gasteiger partial charge on any atom is -0.493 e. The van der Waals surface area contributed by atoms with Crippen molar-refractivity contribution in [2.24, 2.45) is 5.92 Å². The van der Waals surface area contributed by atoms with Crippen molar-refractivity contribution in [1.82, 2.24) is 5.32 Å². The van der Waals surface area contributed by atoms with Gasteiger partial charge in [0.1, 0.15) is 0 Å². The van der Waals surface area contributed by atoms with E-state index in [4.69, 9.17) is 14.2 Å². The molecule has 12 heteroatoms. The van der Waals surface area contributed by atoms with E-state index < -0.39 is 58.8 Å². The maximum absolute atomic E-state index is 13.4. The van der Waals surface area contributed by atoms with Gasteiger partial charge in [-0.3, -0.25) is 9.59 Å². The van der Waals surface area contributed by atoms with Crippen LogP contribution in [-0.2, 0) is 21.9 Å². The van der Waals surface area contributed by atoms with Crippen molar-refractivity contribution >= 4 is 11.9 Å². The van der Waals surface area contributed by atoms with Gasteiger partial charge in [-0.15, -0.1) is 0 Å². The molecule has 0 aromatic heterocycles. The number of alkyl halides is 6. The van der Waals surface area contributed by atoms with Crippen LogP contribution >= 0.6 is 0 Å². The summed E-state index contributed by atoms with van der Waals surface area (Å²) in [6.45, 7) is 1.72. The first kappa shape index (κ1) is 28.9. The smallest absolute Gasteiger partial charge is 0.417 e. The zero-order valence-corrected chi connectivity index (χ0v) is 20.6. The van der Waals surface area contributed by atoms with Gasteiger partial charge in [0.25, 0.3) is 5.91 Å². The third-order valence-corrected chi connectivity index (χ3v) is 6.07. The summed E-state index contributed by atoms with van der Waals surface area (Å²) in [4.78, 5) is 25.6. The Kier molecular flexibility index (Phi) is 8.63. The summed E-state index contributed by atoms with van der Waals surface area (Å²) in [5, 5.41) is 2.34. The quantitative estimate of drug-likeness (QED) is 0.259. The van der Waals surface area contributed by atoms with Crippen molar-refractivity contribution in [1.29, 1.82) is 0 Å². The van der Waals surface area contributed by atoms with Crippen molar-refractivity contribution in [3.63, 3.8) is 0 Å². The molecule has 1 N–H and O–H groups in total. The molecule has 1 aliphatic rings. The van der Waals surface area contributed by atoms with E-state index in [1.54, 1.807) is 31.2 Å². The molecule has 38 heavy (non-hydrogen) atoms. The second kappa shape index (κ2) is 11.4. The van der Waals surface area contributed by atoms with Crippen molar-refractivity contribution in [2.75, 3.05) is 20.8 Å². The van der Waals surface area contributed by atoms with E-state index in [1.165, 1.54) is 20.3 Å². The van der Waals surface area contributed by atoms with Gasteiger partial charge in [-0.2, -0.15) is 26.3 Å². The number of nitrogens with one attached hydrogen (secondary N) is 1. The molecule has 0 heterocycles. The average Bonchev–Trinajstić information content (AvgIpc) is 3.30. The summed E-state index contributed by atoms with van der Waals surface area (Å²) in [7, 11) is 2.87. The van der Waals surface area contributed by atoms with E-state index in [-0.39, 0.29) is 31.2 Å². The molecule has 3 rings (SSSR count). The standard InChI is InChI=1S/C26H25F6NO5/c1-4-38-24(35)22(15-6-10-20(36-2)21(12-15)37-3)14-5-8-17(11-14)33-23(34)18-13-16(25(27,28)29)7-9-19(18)26(30,31)32/h5-10,12-14,17,22H,4,11H2,1-3H3,(H,33,34)/t14-,17+,22-/m0/s1. The number of amides is 1. The number of carbonyl (C=O) groups excluding carboxylic acids is 2. The summed E-state index contributed by atoms with van der Waals surface area (Å²) >= 11 is 0. The Morgan fingerprint density at radius 3 is 2.21 bits per heavy atom. The molecule has 0 fully saturated rings. The van der Waals surface area contributed by atoms with Crippen LogP contribution in [0.15, 0.2) is 48.6 Å². The molecule has 0 aliphatic heterocycles. The lowest BCUT2D eigenvalue weighted by atomic mass is 9.85. The van der Waals surface area contributed by atoms with Crippen molar-refractivity contribution in [2.45, 2.75) is 37.7 Å². The van der Waals surface area contributed by atoms with Crippen LogP contribution in [0.5, 0.6) is 11.5 Å². The number of benzene rings is 2. The first-order valence-corrected chi connectivity index (χ1v) is 11.5. The largest absolute Gasteiger partial charge is 0.493 e. The van der Waals surface area contributed by atoms with Crippen LogP contribution in [0.25, 0.3) is 0 Å². The van der Waals surface area contributed by atoms with Crippen molar-refractivity contribution < 1.29 is 50.1 Å². The van der Waals surface area contributed by atoms with Gasteiger partial charge in [-0.25, -0.2) is 0 Å². The molecule has 2 aromatic carbocycles. The molecule has 0 radical (unpaired) electrons. The normalized spacial score (nSPS) is 18.1. The summed E-state index contributed by atoms with van der Waals surface area (Å²) < 4.78 is 95.4. The Morgan fingerprint density at radius 1 is 0.947 bits per heavy atom. The van der Waals surface area contributed by atoms with Crippen molar-refractivity contribution in [3.05, 3.63) is 70.8 Å². The third-order valence-electron chi connectivity index (χ3n) is 6.07. The van der Waals surface area contributed by atoms with Gasteiger partial charge in [-0.05, 0) is 55.2 Å². The summed E-state index contributed by atoms with van der Waals surface area (Å²) in [5.74, 6) is -2.51. The first-order chi connectivity index (χ1) is 17.8. The van der Waals surface area contributed by atoms with E-state index in [0.717, 1.165) is 0 Å². The SMILES string of the molecule is CCOC(=O)[C@H](c1ccc(OC)c(OC)c1)[C@H]1C=C[C@@H](NC(=O)c2cc(C(F)(F)F)ccc2C(F)(F)F)C1. The van der Waals surface area contributed by atoms with Crippen LogP contribution in [-0.4, -0.2) is 38.7 Å². The number of ether oxygens (including phenoxy) is 3. The van der Waals surface area contributed by atoms with Crippen LogP contribution in [0.1, 0.15) is 46.3 Å². The molecule has 0 bridgehead atoms. The van der Waals surface area contributed by atoms with Gasteiger partial charge >= 0.3 is 18.3 Å². The van der Waals surface area contributed by atoms with E-state index in [1.807, 2.05) is 0 Å². The number of methoxy groups -OCH3 is 2. The zero-order valence-electron chi connectivity index (χ0n) is 20.6. The lowest BCUT2D eigenvalue weighted by molar-refractivity contribution is -0.146. The molecular formula is C26H25F6NO5. The maximum atomic E-state index is 13.4. The molecule has 1 amide bonds. The topological polar surface area (TPSA) is 73.9 Å². The number of esters is 1. The van der Waals surface area contributed by atoms with Crippen LogP contribution in [0, 0.1) is 5.92 Å².